The average molecular weight is 380 g/mol. The van der Waals surface area contributed by atoms with Crippen LogP contribution in [0.2, 0.25) is 0 Å². The van der Waals surface area contributed by atoms with Crippen LogP contribution >= 0.6 is 11.3 Å². The number of amides is 1. The molecule has 27 heavy (non-hydrogen) atoms. The normalized spacial score (nSPS) is 11.0. The number of hydrogen-bond donors (Lipinski definition) is 1. The Morgan fingerprint density at radius 1 is 1.26 bits per heavy atom. The predicted octanol–water partition coefficient (Wildman–Crippen LogP) is 4.25. The predicted molar refractivity (Wildman–Crippen MR) is 104 cm³/mol. The van der Waals surface area contributed by atoms with Gasteiger partial charge in [0.15, 0.2) is 5.65 Å². The van der Waals surface area contributed by atoms with E-state index < -0.39 is 0 Å². The number of rotatable bonds is 5. The van der Waals surface area contributed by atoms with E-state index in [2.05, 4.69) is 10.4 Å². The van der Waals surface area contributed by atoms with Gasteiger partial charge in [0.1, 0.15) is 5.82 Å². The lowest BCUT2D eigenvalue weighted by atomic mass is 10.1. The number of aromatic nitrogens is 3. The van der Waals surface area contributed by atoms with E-state index in [1.807, 2.05) is 24.4 Å². The summed E-state index contributed by atoms with van der Waals surface area (Å²) >= 11 is 1.56. The van der Waals surface area contributed by atoms with Gasteiger partial charge in [0.05, 0.1) is 27.7 Å². The third kappa shape index (κ3) is 3.33. The quantitative estimate of drug-likeness (QED) is 0.563. The minimum absolute atomic E-state index is 0.117. The van der Waals surface area contributed by atoms with Crippen molar-refractivity contribution in [2.45, 2.75) is 20.0 Å². The molecule has 0 unspecified atom stereocenters. The number of thiophene rings is 1. The van der Waals surface area contributed by atoms with Gasteiger partial charge in [-0.25, -0.2) is 14.1 Å². The zero-order valence-corrected chi connectivity index (χ0v) is 15.5. The maximum Gasteiger partial charge on any atom is 0.252 e. The first-order valence-electron chi connectivity index (χ1n) is 8.59. The molecule has 0 spiro atoms. The van der Waals surface area contributed by atoms with Crippen molar-refractivity contribution in [1.82, 2.24) is 20.1 Å². The number of nitrogens with one attached hydrogen (secondary N) is 1. The Kier molecular flexibility index (Phi) is 4.68. The Morgan fingerprint density at radius 3 is 2.85 bits per heavy atom. The molecule has 1 aromatic carbocycles. The molecular weight excluding hydrogens is 363 g/mol. The van der Waals surface area contributed by atoms with Gasteiger partial charge >= 0.3 is 0 Å². The van der Waals surface area contributed by atoms with E-state index in [1.54, 1.807) is 46.5 Å². The Hall–Kier alpha value is -3.06. The van der Waals surface area contributed by atoms with Crippen LogP contribution in [0, 0.1) is 5.82 Å². The van der Waals surface area contributed by atoms with Crippen LogP contribution < -0.4 is 5.32 Å². The van der Waals surface area contributed by atoms with Gasteiger partial charge in [-0.05, 0) is 30.5 Å². The maximum absolute atomic E-state index is 13.8. The number of pyridine rings is 1. The van der Waals surface area contributed by atoms with Crippen LogP contribution in [0.3, 0.4) is 0 Å². The molecular formula is C20H17FN4OS. The molecule has 136 valence electrons. The lowest BCUT2D eigenvalue weighted by Gasteiger charge is -2.09. The highest BCUT2D eigenvalue weighted by atomic mass is 32.1. The summed E-state index contributed by atoms with van der Waals surface area (Å²) in [6, 6.07) is 12.1. The topological polar surface area (TPSA) is 59.8 Å². The van der Waals surface area contributed by atoms with Gasteiger partial charge in [0.2, 0.25) is 0 Å². The van der Waals surface area contributed by atoms with Gasteiger partial charge in [-0.2, -0.15) is 5.10 Å². The first-order chi connectivity index (χ1) is 13.2. The summed E-state index contributed by atoms with van der Waals surface area (Å²) in [5, 5.41) is 9.79. The van der Waals surface area contributed by atoms with Crippen LogP contribution in [0.4, 0.5) is 4.39 Å². The molecule has 0 aliphatic rings. The second-order valence-electron chi connectivity index (χ2n) is 6.00. The van der Waals surface area contributed by atoms with Crippen molar-refractivity contribution in [3.8, 4) is 10.6 Å². The second kappa shape index (κ2) is 7.28. The van der Waals surface area contributed by atoms with Crippen molar-refractivity contribution >= 4 is 28.3 Å². The van der Waals surface area contributed by atoms with Crippen LogP contribution in [0.25, 0.3) is 21.6 Å². The van der Waals surface area contributed by atoms with Crippen molar-refractivity contribution < 1.29 is 9.18 Å². The highest BCUT2D eigenvalue weighted by Crippen LogP contribution is 2.28. The Balaban J connectivity index is 1.72. The SMILES string of the molecule is CCn1ncc2c(C(=O)NCc3ccccc3F)cc(-c3cccs3)nc21. The number of fused-ring (bicyclic) bond motifs is 1. The Labute approximate surface area is 159 Å². The molecule has 0 aliphatic heterocycles. The summed E-state index contributed by atoms with van der Waals surface area (Å²) < 4.78 is 15.6. The van der Waals surface area contributed by atoms with Gasteiger partial charge in [-0.3, -0.25) is 4.79 Å². The largest absolute Gasteiger partial charge is 0.348 e. The molecule has 0 radical (unpaired) electrons. The van der Waals surface area contributed by atoms with Crippen molar-refractivity contribution in [2.75, 3.05) is 0 Å². The fourth-order valence-corrected chi connectivity index (χ4v) is 3.62. The van der Waals surface area contributed by atoms with E-state index in [4.69, 9.17) is 4.98 Å². The van der Waals surface area contributed by atoms with Crippen LogP contribution in [-0.4, -0.2) is 20.7 Å². The van der Waals surface area contributed by atoms with Crippen molar-refractivity contribution in [2.24, 2.45) is 0 Å². The summed E-state index contributed by atoms with van der Waals surface area (Å²) in [7, 11) is 0. The summed E-state index contributed by atoms with van der Waals surface area (Å²) in [5.41, 5.74) is 2.32. The van der Waals surface area contributed by atoms with Crippen molar-refractivity contribution in [3.63, 3.8) is 0 Å². The number of nitrogens with zero attached hydrogens (tertiary/aromatic N) is 3. The lowest BCUT2D eigenvalue weighted by Crippen LogP contribution is -2.23. The average Bonchev–Trinajstić information content (AvgIpc) is 3.36. The summed E-state index contributed by atoms with van der Waals surface area (Å²) in [6.07, 6.45) is 1.65. The standard InChI is InChI=1S/C20H17FN4OS/c1-2-25-19-15(12-23-25)14(10-17(24-19)18-8-5-9-27-18)20(26)22-11-13-6-3-4-7-16(13)21/h3-10,12H,2,11H2,1H3,(H,22,26). The monoisotopic (exact) mass is 380 g/mol. The van der Waals surface area contributed by atoms with Crippen molar-refractivity contribution in [1.29, 1.82) is 0 Å². The first-order valence-corrected chi connectivity index (χ1v) is 9.47. The minimum atomic E-state index is -0.337. The Bertz CT molecular complexity index is 1100. The molecule has 3 heterocycles. The van der Waals surface area contributed by atoms with Crippen LogP contribution in [0.15, 0.2) is 54.0 Å². The number of carbonyl (C=O) groups is 1. The van der Waals surface area contributed by atoms with Gasteiger partial charge < -0.3 is 5.32 Å². The highest BCUT2D eigenvalue weighted by Gasteiger charge is 2.17. The van der Waals surface area contributed by atoms with Crippen LogP contribution in [-0.2, 0) is 13.1 Å². The maximum atomic E-state index is 13.8. The van der Waals surface area contributed by atoms with E-state index >= 15 is 0 Å². The smallest absolute Gasteiger partial charge is 0.252 e. The minimum Gasteiger partial charge on any atom is -0.348 e. The summed E-state index contributed by atoms with van der Waals surface area (Å²) in [5.74, 6) is -0.616. The van der Waals surface area contributed by atoms with Gasteiger partial charge in [-0.1, -0.05) is 24.3 Å². The van der Waals surface area contributed by atoms with E-state index in [0.29, 0.717) is 28.7 Å². The third-order valence-electron chi connectivity index (χ3n) is 4.32. The van der Waals surface area contributed by atoms with Gasteiger partial charge in [0, 0.05) is 18.7 Å². The Morgan fingerprint density at radius 2 is 2.11 bits per heavy atom. The number of hydrogen-bond acceptors (Lipinski definition) is 4. The van der Waals surface area contributed by atoms with E-state index in [9.17, 15) is 9.18 Å². The van der Waals surface area contributed by atoms with E-state index in [1.165, 1.54) is 6.07 Å². The van der Waals surface area contributed by atoms with E-state index in [-0.39, 0.29) is 18.3 Å². The highest BCUT2D eigenvalue weighted by molar-refractivity contribution is 7.13. The first kappa shape index (κ1) is 17.4. The van der Waals surface area contributed by atoms with Crippen LogP contribution in [0.1, 0.15) is 22.8 Å². The number of benzene rings is 1. The fraction of sp³-hybridized carbons (Fsp3) is 0.150. The molecule has 5 nitrogen and oxygen atoms in total. The number of aryl methyl sites for hydroxylation is 1. The van der Waals surface area contributed by atoms with Crippen molar-refractivity contribution in [3.05, 3.63) is 71.0 Å². The molecule has 7 heteroatoms. The molecule has 3 aromatic heterocycles. The number of halogens is 1. The molecule has 4 aromatic rings. The second-order valence-corrected chi connectivity index (χ2v) is 6.95. The number of carbonyl (C=O) groups excluding carboxylic acids is 1. The lowest BCUT2D eigenvalue weighted by molar-refractivity contribution is 0.0952. The van der Waals surface area contributed by atoms with Gasteiger partial charge in [-0.15, -0.1) is 11.3 Å². The molecule has 0 fully saturated rings. The molecule has 0 saturated carbocycles. The van der Waals surface area contributed by atoms with Gasteiger partial charge in [0.25, 0.3) is 5.91 Å². The van der Waals surface area contributed by atoms with Crippen LogP contribution in [0.5, 0.6) is 0 Å². The van der Waals surface area contributed by atoms with E-state index in [0.717, 1.165) is 10.6 Å². The molecule has 0 bridgehead atoms. The summed E-state index contributed by atoms with van der Waals surface area (Å²) in [6.45, 7) is 2.75. The molecule has 0 atom stereocenters. The molecule has 1 N–H and O–H groups in total. The zero-order valence-electron chi connectivity index (χ0n) is 14.6. The molecule has 0 aliphatic carbocycles. The molecule has 4 rings (SSSR count). The summed E-state index contributed by atoms with van der Waals surface area (Å²) in [4.78, 5) is 18.5. The molecule has 1 amide bonds. The zero-order chi connectivity index (χ0) is 18.8. The molecule has 0 saturated heterocycles. The third-order valence-corrected chi connectivity index (χ3v) is 5.22. The fourth-order valence-electron chi connectivity index (χ4n) is 2.93.